The molecule has 4 nitrogen and oxygen atoms in total. The van der Waals surface area contributed by atoms with Crippen molar-refractivity contribution >= 4 is 33.4 Å². The molecule has 3 aromatic rings. The lowest BCUT2D eigenvalue weighted by Gasteiger charge is -2.18. The number of fused-ring (bicyclic) bond motifs is 1. The number of rotatable bonds is 5. The van der Waals surface area contributed by atoms with Gasteiger partial charge in [-0.15, -0.1) is 0 Å². The van der Waals surface area contributed by atoms with Gasteiger partial charge in [0.1, 0.15) is 0 Å². The molecule has 0 saturated carbocycles. The fourth-order valence-electron chi connectivity index (χ4n) is 3.72. The van der Waals surface area contributed by atoms with Crippen LogP contribution in [-0.4, -0.2) is 22.9 Å². The van der Waals surface area contributed by atoms with E-state index < -0.39 is 17.9 Å². The first-order chi connectivity index (χ1) is 13.5. The maximum Gasteiger partial charge on any atom is 0.304 e. The number of halogens is 1. The molecule has 140 valence electrons. The summed E-state index contributed by atoms with van der Waals surface area (Å²) < 4.78 is 0.865. The summed E-state index contributed by atoms with van der Waals surface area (Å²) in [5.41, 5.74) is 4.36. The van der Waals surface area contributed by atoms with Crippen LogP contribution < -0.4 is 5.32 Å². The Hall–Kier alpha value is -2.92. The highest BCUT2D eigenvalue weighted by molar-refractivity contribution is 9.10. The van der Waals surface area contributed by atoms with Gasteiger partial charge in [-0.2, -0.15) is 0 Å². The molecule has 0 bridgehead atoms. The zero-order chi connectivity index (χ0) is 19.7. The number of aliphatic carboxylic acids is 1. The van der Waals surface area contributed by atoms with Gasteiger partial charge in [0.25, 0.3) is 0 Å². The predicted molar refractivity (Wildman–Crippen MR) is 113 cm³/mol. The van der Waals surface area contributed by atoms with Crippen molar-refractivity contribution in [1.29, 1.82) is 0 Å². The van der Waals surface area contributed by atoms with Crippen molar-refractivity contribution in [3.63, 3.8) is 0 Å². The predicted octanol–water partition coefficient (Wildman–Crippen LogP) is 5.35. The molecule has 1 aliphatic heterocycles. The number of hydrogen-bond acceptors (Lipinski definition) is 3. The Morgan fingerprint density at radius 2 is 1.61 bits per heavy atom. The van der Waals surface area contributed by atoms with Gasteiger partial charge in [0, 0.05) is 21.6 Å². The lowest BCUT2D eigenvalue weighted by molar-refractivity contribution is -0.137. The van der Waals surface area contributed by atoms with Crippen molar-refractivity contribution < 1.29 is 14.7 Å². The third-order valence-electron chi connectivity index (χ3n) is 5.08. The van der Waals surface area contributed by atoms with E-state index in [4.69, 9.17) is 0 Å². The maximum atomic E-state index is 13.2. The Bertz CT molecular complexity index is 1030. The van der Waals surface area contributed by atoms with Gasteiger partial charge in [0.15, 0.2) is 5.78 Å². The molecular weight excluding hydrogens is 418 g/mol. The minimum absolute atomic E-state index is 0.0989. The average Bonchev–Trinajstić information content (AvgIpc) is 3.05. The van der Waals surface area contributed by atoms with Crippen molar-refractivity contribution in [2.75, 3.05) is 5.32 Å². The zero-order valence-corrected chi connectivity index (χ0v) is 16.5. The molecule has 0 spiro atoms. The van der Waals surface area contributed by atoms with E-state index in [1.54, 1.807) is 0 Å². The molecule has 2 unspecified atom stereocenters. The largest absolute Gasteiger partial charge is 0.481 e. The highest BCUT2D eigenvalue weighted by atomic mass is 79.9. The second-order valence-corrected chi connectivity index (χ2v) is 7.78. The second-order valence-electron chi connectivity index (χ2n) is 6.87. The summed E-state index contributed by atoms with van der Waals surface area (Å²) in [5, 5.41) is 12.6. The van der Waals surface area contributed by atoms with E-state index in [0.29, 0.717) is 5.56 Å². The van der Waals surface area contributed by atoms with Gasteiger partial charge in [-0.3, -0.25) is 9.59 Å². The highest BCUT2D eigenvalue weighted by Gasteiger charge is 2.38. The molecule has 1 aliphatic rings. The number of carbonyl (C=O) groups is 2. The lowest BCUT2D eigenvalue weighted by atomic mass is 9.87. The Morgan fingerprint density at radius 1 is 0.929 bits per heavy atom. The summed E-state index contributed by atoms with van der Waals surface area (Å²) in [6, 6.07) is 22.5. The first-order valence-corrected chi connectivity index (χ1v) is 9.80. The van der Waals surface area contributed by atoms with E-state index in [9.17, 15) is 14.7 Å². The Balaban J connectivity index is 1.62. The van der Waals surface area contributed by atoms with Gasteiger partial charge in [-0.25, -0.2) is 0 Å². The van der Waals surface area contributed by atoms with Crippen molar-refractivity contribution in [2.24, 2.45) is 0 Å². The molecule has 5 heteroatoms. The van der Waals surface area contributed by atoms with Gasteiger partial charge < -0.3 is 10.4 Å². The summed E-state index contributed by atoms with van der Waals surface area (Å²) in [4.78, 5) is 24.6. The van der Waals surface area contributed by atoms with E-state index in [0.717, 1.165) is 26.9 Å². The van der Waals surface area contributed by atoms with Crippen LogP contribution >= 0.6 is 15.9 Å². The molecule has 1 heterocycles. The number of carboxylic acids is 1. The topological polar surface area (TPSA) is 66.4 Å². The normalized spacial score (nSPS) is 17.6. The number of ketones is 1. The molecule has 2 atom stereocenters. The smallest absolute Gasteiger partial charge is 0.304 e. The van der Waals surface area contributed by atoms with Crippen LogP contribution in [0.25, 0.3) is 11.1 Å². The molecule has 0 radical (unpaired) electrons. The summed E-state index contributed by atoms with van der Waals surface area (Å²) in [7, 11) is 0. The van der Waals surface area contributed by atoms with E-state index in [1.165, 1.54) is 0 Å². The molecule has 0 fully saturated rings. The number of carboxylic acid groups (broad SMARTS) is 1. The minimum atomic E-state index is -0.920. The lowest BCUT2D eigenvalue weighted by Crippen LogP contribution is -2.32. The highest BCUT2D eigenvalue weighted by Crippen LogP contribution is 2.40. The number of nitrogens with one attached hydrogen (secondary N) is 1. The van der Waals surface area contributed by atoms with Crippen LogP contribution in [0.15, 0.2) is 77.3 Å². The van der Waals surface area contributed by atoms with Gasteiger partial charge in [-0.1, -0.05) is 70.5 Å². The van der Waals surface area contributed by atoms with Crippen LogP contribution in [0, 0.1) is 0 Å². The van der Waals surface area contributed by atoms with E-state index in [2.05, 4.69) is 21.2 Å². The van der Waals surface area contributed by atoms with Crippen LogP contribution in [0.1, 0.15) is 28.3 Å². The average molecular weight is 436 g/mol. The Kier molecular flexibility index (Phi) is 5.01. The van der Waals surface area contributed by atoms with Crippen molar-refractivity contribution in [3.8, 4) is 11.1 Å². The number of carbonyl (C=O) groups excluding carboxylic acids is 1. The van der Waals surface area contributed by atoms with Crippen LogP contribution in [-0.2, 0) is 4.79 Å². The third kappa shape index (κ3) is 3.58. The molecule has 0 amide bonds. The number of hydrogen-bond donors (Lipinski definition) is 2. The van der Waals surface area contributed by atoms with Gasteiger partial charge in [0.05, 0.1) is 12.5 Å². The molecule has 28 heavy (non-hydrogen) atoms. The van der Waals surface area contributed by atoms with E-state index in [-0.39, 0.29) is 12.2 Å². The first kappa shape index (κ1) is 18.4. The Morgan fingerprint density at radius 3 is 2.29 bits per heavy atom. The maximum absolute atomic E-state index is 13.2. The summed E-state index contributed by atoms with van der Waals surface area (Å²) in [6.45, 7) is 0. The van der Waals surface area contributed by atoms with Crippen molar-refractivity contribution in [1.82, 2.24) is 0 Å². The van der Waals surface area contributed by atoms with Crippen LogP contribution in [0.3, 0.4) is 0 Å². The fourth-order valence-corrected chi connectivity index (χ4v) is 4.10. The van der Waals surface area contributed by atoms with Gasteiger partial charge in [0.2, 0.25) is 0 Å². The van der Waals surface area contributed by atoms with Crippen molar-refractivity contribution in [3.05, 3.63) is 88.4 Å². The Labute approximate surface area is 171 Å². The molecule has 0 aromatic heterocycles. The van der Waals surface area contributed by atoms with E-state index >= 15 is 0 Å². The molecule has 3 aromatic carbocycles. The zero-order valence-electron chi connectivity index (χ0n) is 14.9. The molecule has 0 aliphatic carbocycles. The van der Waals surface area contributed by atoms with Gasteiger partial charge in [-0.05, 0) is 34.9 Å². The molecular formula is C23H18BrNO3. The molecule has 4 rings (SSSR count). The second kappa shape index (κ2) is 7.60. The summed E-state index contributed by atoms with van der Waals surface area (Å²) >= 11 is 3.43. The molecule has 0 saturated heterocycles. The van der Waals surface area contributed by atoms with Crippen LogP contribution in [0.2, 0.25) is 0 Å². The van der Waals surface area contributed by atoms with Gasteiger partial charge >= 0.3 is 5.97 Å². The fraction of sp³-hybridized carbons (Fsp3) is 0.130. The van der Waals surface area contributed by atoms with Crippen LogP contribution in [0.5, 0.6) is 0 Å². The molecule has 2 N–H and O–H groups in total. The summed E-state index contributed by atoms with van der Waals surface area (Å²) in [5.74, 6) is -1.43. The minimum Gasteiger partial charge on any atom is -0.481 e. The SMILES string of the molecule is O=C(O)CC1c2cc(Br)ccc2NC1C(=O)c1ccc(-c2ccccc2)cc1. The quantitative estimate of drug-likeness (QED) is 0.529. The number of anilines is 1. The standard InChI is InChI=1S/C23H18BrNO3/c24-17-10-11-20-18(12-17)19(13-21(26)27)22(25-20)23(28)16-8-6-15(7-9-16)14-4-2-1-3-5-14/h1-12,19,22,25H,13H2,(H,26,27). The number of Topliss-reactive ketones (excluding diaryl/α,β-unsaturated/α-hetero) is 1. The summed E-state index contributed by atoms with van der Waals surface area (Å²) in [6.07, 6.45) is -0.102. The first-order valence-electron chi connectivity index (χ1n) is 9.00. The third-order valence-corrected chi connectivity index (χ3v) is 5.57. The van der Waals surface area contributed by atoms with E-state index in [1.807, 2.05) is 72.8 Å². The number of benzene rings is 3. The monoisotopic (exact) mass is 435 g/mol. The van der Waals surface area contributed by atoms with Crippen LogP contribution in [0.4, 0.5) is 5.69 Å². The van der Waals surface area contributed by atoms with Crippen molar-refractivity contribution in [2.45, 2.75) is 18.4 Å².